The molecule has 3 heterocycles. The van der Waals surface area contributed by atoms with Gasteiger partial charge in [0.15, 0.2) is 5.69 Å². The number of para-hydroxylation sites is 1. The van der Waals surface area contributed by atoms with E-state index in [0.717, 1.165) is 0 Å². The number of nitrogens with zero attached hydrogens (tertiary/aromatic N) is 5. The fourth-order valence-electron chi connectivity index (χ4n) is 3.54. The van der Waals surface area contributed by atoms with Crippen molar-refractivity contribution in [3.63, 3.8) is 0 Å². The summed E-state index contributed by atoms with van der Waals surface area (Å²) in [5.74, 6) is -0.204. The fourth-order valence-corrected chi connectivity index (χ4v) is 4.11. The van der Waals surface area contributed by atoms with E-state index >= 15 is 0 Å². The lowest BCUT2D eigenvalue weighted by Crippen LogP contribution is -2.24. The molecule has 184 valence electrons. The number of rotatable bonds is 7. The third kappa shape index (κ3) is 5.35. The van der Waals surface area contributed by atoms with Crippen LogP contribution in [-0.2, 0) is 6.54 Å². The Morgan fingerprint density at radius 3 is 2.46 bits per heavy atom. The Bertz CT molecular complexity index is 1550. The largest absolute Gasteiger partial charge is 0.343 e. The first-order valence-electron chi connectivity index (χ1n) is 11.0. The summed E-state index contributed by atoms with van der Waals surface area (Å²) in [6.45, 7) is 0.134. The van der Waals surface area contributed by atoms with Crippen LogP contribution in [0.5, 0.6) is 0 Å². The van der Waals surface area contributed by atoms with Crippen LogP contribution in [0, 0.1) is 0 Å². The van der Waals surface area contributed by atoms with E-state index in [2.05, 4.69) is 35.9 Å². The number of halogens is 2. The van der Waals surface area contributed by atoms with E-state index in [1.807, 2.05) is 24.3 Å². The van der Waals surface area contributed by atoms with Gasteiger partial charge in [-0.05, 0) is 36.4 Å². The first-order chi connectivity index (χ1) is 18.0. The summed E-state index contributed by atoms with van der Waals surface area (Å²) in [7, 11) is 0. The normalized spacial score (nSPS) is 10.8. The lowest BCUT2D eigenvalue weighted by molar-refractivity contribution is 0.0943. The molecule has 0 aliphatic carbocycles. The summed E-state index contributed by atoms with van der Waals surface area (Å²) in [6.07, 6.45) is 2.98. The van der Waals surface area contributed by atoms with Gasteiger partial charge < -0.3 is 10.6 Å². The summed E-state index contributed by atoms with van der Waals surface area (Å²) in [4.78, 5) is 34.4. The molecule has 0 radical (unpaired) electrons. The molecule has 0 unspecified atom stereocenters. The van der Waals surface area contributed by atoms with Crippen LogP contribution < -0.4 is 10.6 Å². The predicted octanol–water partition coefficient (Wildman–Crippen LogP) is 4.54. The summed E-state index contributed by atoms with van der Waals surface area (Å²) < 4.78 is 1.46. The number of benzene rings is 2. The minimum Gasteiger partial charge on any atom is -0.343 e. The molecule has 3 N–H and O–H groups in total. The molecule has 0 bridgehead atoms. The molecule has 10 nitrogen and oxygen atoms in total. The Morgan fingerprint density at radius 1 is 0.919 bits per heavy atom. The molecule has 5 aromatic rings. The Morgan fingerprint density at radius 2 is 1.73 bits per heavy atom. The molecule has 37 heavy (non-hydrogen) atoms. The number of carbonyl (C=O) groups is 2. The minimum atomic E-state index is -0.510. The number of hydrogen-bond acceptors (Lipinski definition) is 6. The van der Waals surface area contributed by atoms with Crippen molar-refractivity contribution in [2.45, 2.75) is 6.54 Å². The van der Waals surface area contributed by atoms with E-state index in [0.29, 0.717) is 27.8 Å². The van der Waals surface area contributed by atoms with Crippen LogP contribution in [0.15, 0.2) is 79.3 Å². The molecule has 3 aromatic heterocycles. The SMILES string of the molecule is O=C(NCc1ncn[nH]1)c1cc(NC(=O)c2cc(-c3ccccn3)c(Cl)cc2Cl)n(-c2ccccc2)n1. The van der Waals surface area contributed by atoms with E-state index in [4.69, 9.17) is 23.2 Å². The van der Waals surface area contributed by atoms with Crippen molar-refractivity contribution < 1.29 is 9.59 Å². The molecule has 2 amide bonds. The van der Waals surface area contributed by atoms with Crippen molar-refractivity contribution in [2.24, 2.45) is 0 Å². The van der Waals surface area contributed by atoms with E-state index in [9.17, 15) is 9.59 Å². The van der Waals surface area contributed by atoms with Gasteiger partial charge in [-0.1, -0.05) is 47.5 Å². The van der Waals surface area contributed by atoms with Gasteiger partial charge >= 0.3 is 0 Å². The molecular weight excluding hydrogens is 515 g/mol. The zero-order valence-corrected chi connectivity index (χ0v) is 20.5. The molecule has 0 atom stereocenters. The first-order valence-corrected chi connectivity index (χ1v) is 11.7. The second-order valence-electron chi connectivity index (χ2n) is 7.76. The van der Waals surface area contributed by atoms with Gasteiger partial charge in [0.1, 0.15) is 18.0 Å². The Balaban J connectivity index is 1.46. The molecular formula is C25H18Cl2N8O2. The van der Waals surface area contributed by atoms with E-state index in [-0.39, 0.29) is 28.6 Å². The van der Waals surface area contributed by atoms with Crippen LogP contribution in [-0.4, -0.2) is 41.8 Å². The zero-order valence-electron chi connectivity index (χ0n) is 19.0. The van der Waals surface area contributed by atoms with Crippen molar-refractivity contribution in [3.8, 4) is 16.9 Å². The molecule has 0 spiro atoms. The molecule has 0 aliphatic heterocycles. The number of aromatic nitrogens is 6. The number of aromatic amines is 1. The van der Waals surface area contributed by atoms with E-state index < -0.39 is 11.8 Å². The fraction of sp³-hybridized carbons (Fsp3) is 0.0400. The second kappa shape index (κ2) is 10.6. The Labute approximate surface area is 220 Å². The summed E-state index contributed by atoms with van der Waals surface area (Å²) >= 11 is 12.8. The number of anilines is 1. The molecule has 0 saturated heterocycles. The van der Waals surface area contributed by atoms with Crippen molar-refractivity contribution in [1.82, 2.24) is 35.3 Å². The van der Waals surface area contributed by atoms with Gasteiger partial charge in [0.2, 0.25) is 0 Å². The van der Waals surface area contributed by atoms with Crippen LogP contribution in [0.4, 0.5) is 5.82 Å². The second-order valence-corrected chi connectivity index (χ2v) is 8.57. The number of carbonyl (C=O) groups excluding carboxylic acids is 2. The third-order valence-electron chi connectivity index (χ3n) is 5.31. The van der Waals surface area contributed by atoms with Gasteiger partial charge in [-0.15, -0.1) is 0 Å². The average molecular weight is 533 g/mol. The maximum absolute atomic E-state index is 13.4. The van der Waals surface area contributed by atoms with Crippen LogP contribution in [0.25, 0.3) is 16.9 Å². The first kappa shape index (κ1) is 24.2. The lowest BCUT2D eigenvalue weighted by Gasteiger charge is -2.12. The number of amides is 2. The minimum absolute atomic E-state index is 0.0926. The molecule has 0 aliphatic rings. The third-order valence-corrected chi connectivity index (χ3v) is 5.93. The van der Waals surface area contributed by atoms with Crippen molar-refractivity contribution in [1.29, 1.82) is 0 Å². The highest BCUT2D eigenvalue weighted by Gasteiger charge is 2.21. The molecule has 0 fully saturated rings. The van der Waals surface area contributed by atoms with Crippen LogP contribution in [0.2, 0.25) is 10.0 Å². The topological polar surface area (TPSA) is 130 Å². The maximum Gasteiger partial charge on any atom is 0.272 e. The van der Waals surface area contributed by atoms with Crippen molar-refractivity contribution in [2.75, 3.05) is 5.32 Å². The molecule has 12 heteroatoms. The van der Waals surface area contributed by atoms with Crippen molar-refractivity contribution in [3.05, 3.63) is 106 Å². The quantitative estimate of drug-likeness (QED) is 0.282. The number of pyridine rings is 1. The number of H-pyrrole nitrogens is 1. The Hall–Kier alpha value is -4.54. The number of nitrogens with one attached hydrogen (secondary N) is 3. The van der Waals surface area contributed by atoms with Gasteiger partial charge in [-0.2, -0.15) is 10.2 Å². The van der Waals surface area contributed by atoms with Crippen LogP contribution >= 0.6 is 23.2 Å². The predicted molar refractivity (Wildman–Crippen MR) is 139 cm³/mol. The number of hydrogen-bond donors (Lipinski definition) is 3. The van der Waals surface area contributed by atoms with E-state index in [1.54, 1.807) is 36.5 Å². The monoisotopic (exact) mass is 532 g/mol. The highest BCUT2D eigenvalue weighted by Crippen LogP contribution is 2.32. The van der Waals surface area contributed by atoms with Gasteiger partial charge in [-0.25, -0.2) is 9.67 Å². The molecule has 5 rings (SSSR count). The van der Waals surface area contributed by atoms with Crippen molar-refractivity contribution >= 4 is 40.8 Å². The summed E-state index contributed by atoms with van der Waals surface area (Å²) in [6, 6.07) is 19.0. The standard InChI is InChI=1S/C25H18Cl2N8O2/c26-18-11-19(27)17(10-16(18)20-8-4-5-9-28-20)24(36)32-23-12-21(25(37)29-13-22-30-14-31-33-22)34-35(23)15-6-2-1-3-7-15/h1-12,14H,13H2,(H,29,37)(H,32,36)(H,30,31,33). The van der Waals surface area contributed by atoms with Gasteiger partial charge in [-0.3, -0.25) is 19.7 Å². The van der Waals surface area contributed by atoms with Gasteiger partial charge in [0.05, 0.1) is 33.5 Å². The van der Waals surface area contributed by atoms with Gasteiger partial charge in [0.25, 0.3) is 11.8 Å². The lowest BCUT2D eigenvalue weighted by atomic mass is 10.1. The van der Waals surface area contributed by atoms with E-state index in [1.165, 1.54) is 23.1 Å². The zero-order chi connectivity index (χ0) is 25.8. The van der Waals surface area contributed by atoms with Crippen LogP contribution in [0.3, 0.4) is 0 Å². The highest BCUT2D eigenvalue weighted by molar-refractivity contribution is 6.38. The summed E-state index contributed by atoms with van der Waals surface area (Å²) in [5.41, 5.74) is 2.07. The molecule has 0 saturated carbocycles. The van der Waals surface area contributed by atoms with Crippen LogP contribution in [0.1, 0.15) is 26.7 Å². The smallest absolute Gasteiger partial charge is 0.272 e. The summed E-state index contributed by atoms with van der Waals surface area (Å²) in [5, 5.41) is 16.9. The highest BCUT2D eigenvalue weighted by atomic mass is 35.5. The molecule has 2 aromatic carbocycles. The average Bonchev–Trinajstić information content (AvgIpc) is 3.59. The van der Waals surface area contributed by atoms with Gasteiger partial charge in [0, 0.05) is 17.8 Å². The Kier molecular flexibility index (Phi) is 6.93. The maximum atomic E-state index is 13.4.